The van der Waals surface area contributed by atoms with Crippen molar-refractivity contribution in [2.45, 2.75) is 22.8 Å². The molecule has 7 heteroatoms. The zero-order chi connectivity index (χ0) is 28.2. The third kappa shape index (κ3) is 5.43. The number of thioether (sulfide) groups is 1. The van der Waals surface area contributed by atoms with Gasteiger partial charge in [-0.05, 0) is 64.7 Å². The average Bonchev–Trinajstić information content (AvgIpc) is 3.34. The van der Waals surface area contributed by atoms with E-state index in [0.717, 1.165) is 56.6 Å². The summed E-state index contributed by atoms with van der Waals surface area (Å²) >= 11 is 1.82. The average molecular weight is 561 g/mol. The van der Waals surface area contributed by atoms with E-state index in [1.165, 1.54) is 12.1 Å². The van der Waals surface area contributed by atoms with Gasteiger partial charge in [-0.25, -0.2) is 4.39 Å². The molecule has 1 aliphatic rings. The van der Waals surface area contributed by atoms with E-state index < -0.39 is 0 Å². The third-order valence-electron chi connectivity index (χ3n) is 7.48. The normalized spacial score (nSPS) is 17.7. The highest BCUT2D eigenvalue weighted by atomic mass is 32.2. The lowest BCUT2D eigenvalue weighted by Gasteiger charge is -2.27. The fourth-order valence-corrected chi connectivity index (χ4v) is 7.02. The first-order chi connectivity index (χ1) is 19.5. The van der Waals surface area contributed by atoms with Crippen molar-refractivity contribution in [3.05, 3.63) is 112 Å². The first-order valence-corrected chi connectivity index (χ1v) is 14.0. The van der Waals surface area contributed by atoms with Crippen LogP contribution < -0.4 is 23.7 Å². The molecule has 208 valence electrons. The molecule has 0 aromatic heterocycles. The highest BCUT2D eigenvalue weighted by Crippen LogP contribution is 2.62. The van der Waals surface area contributed by atoms with Gasteiger partial charge in [-0.15, -0.1) is 11.8 Å². The summed E-state index contributed by atoms with van der Waals surface area (Å²) in [6.45, 7) is 0. The maximum absolute atomic E-state index is 13.6. The van der Waals surface area contributed by atoms with Gasteiger partial charge in [0.05, 0.1) is 35.5 Å². The van der Waals surface area contributed by atoms with E-state index >= 15 is 0 Å². The van der Waals surface area contributed by atoms with Crippen LogP contribution in [0.2, 0.25) is 0 Å². The van der Waals surface area contributed by atoms with Gasteiger partial charge >= 0.3 is 0 Å². The molecule has 3 atom stereocenters. The van der Waals surface area contributed by atoms with Crippen molar-refractivity contribution in [3.63, 3.8) is 0 Å². The summed E-state index contributed by atoms with van der Waals surface area (Å²) in [4.78, 5) is 0. The van der Waals surface area contributed by atoms with Gasteiger partial charge in [0, 0.05) is 40.5 Å². The van der Waals surface area contributed by atoms with Crippen LogP contribution in [0.5, 0.6) is 28.7 Å². The topological polar surface area (TPSA) is 46.2 Å². The predicted molar refractivity (Wildman–Crippen MR) is 157 cm³/mol. The second kappa shape index (κ2) is 12.1. The van der Waals surface area contributed by atoms with Crippen LogP contribution >= 0.6 is 11.8 Å². The van der Waals surface area contributed by atoms with Gasteiger partial charge in [0.1, 0.15) is 34.6 Å². The Kier molecular flexibility index (Phi) is 8.40. The molecule has 0 fully saturated rings. The maximum Gasteiger partial charge on any atom is 0.126 e. The highest BCUT2D eigenvalue weighted by Gasteiger charge is 2.45. The van der Waals surface area contributed by atoms with Crippen LogP contribution in [0, 0.1) is 5.82 Å². The summed E-state index contributed by atoms with van der Waals surface area (Å²) in [5.74, 6) is 4.19. The number of rotatable bonds is 10. The molecule has 0 heterocycles. The van der Waals surface area contributed by atoms with Gasteiger partial charge in [0.15, 0.2) is 0 Å². The smallest absolute Gasteiger partial charge is 0.126 e. The molecule has 0 N–H and O–H groups in total. The van der Waals surface area contributed by atoms with E-state index in [-0.39, 0.29) is 22.9 Å². The molecular weight excluding hydrogens is 527 g/mol. The minimum absolute atomic E-state index is 0.00107. The Morgan fingerprint density at radius 2 is 1.23 bits per heavy atom. The van der Waals surface area contributed by atoms with Crippen molar-refractivity contribution >= 4 is 11.8 Å². The minimum Gasteiger partial charge on any atom is -0.497 e. The Balaban J connectivity index is 1.72. The molecule has 0 saturated heterocycles. The minimum atomic E-state index is -0.240. The summed E-state index contributed by atoms with van der Waals surface area (Å²) in [6.07, 6.45) is 0. The van der Waals surface area contributed by atoms with Crippen molar-refractivity contribution in [2.24, 2.45) is 0 Å². The largest absolute Gasteiger partial charge is 0.497 e. The Hall–Kier alpha value is -3.84. The van der Waals surface area contributed by atoms with Crippen LogP contribution in [0.25, 0.3) is 0 Å². The Morgan fingerprint density at radius 1 is 0.625 bits per heavy atom. The fourth-order valence-electron chi connectivity index (χ4n) is 5.56. The van der Waals surface area contributed by atoms with E-state index in [0.29, 0.717) is 5.75 Å². The van der Waals surface area contributed by atoms with Gasteiger partial charge in [-0.1, -0.05) is 24.3 Å². The number of ether oxygens (including phenoxy) is 5. The summed E-state index contributed by atoms with van der Waals surface area (Å²) in [7, 11) is 8.36. The maximum atomic E-state index is 13.6. The van der Waals surface area contributed by atoms with Crippen LogP contribution in [0.4, 0.5) is 4.39 Å². The Labute approximate surface area is 239 Å². The second-order valence-corrected chi connectivity index (χ2v) is 10.7. The Morgan fingerprint density at radius 3 is 1.80 bits per heavy atom. The second-order valence-electron chi connectivity index (χ2n) is 9.61. The quantitative estimate of drug-likeness (QED) is 0.197. The third-order valence-corrected chi connectivity index (χ3v) is 8.89. The van der Waals surface area contributed by atoms with Crippen LogP contribution in [-0.2, 0) is 5.75 Å². The van der Waals surface area contributed by atoms with Gasteiger partial charge in [0.25, 0.3) is 0 Å². The van der Waals surface area contributed by atoms with Gasteiger partial charge in [0.2, 0.25) is 0 Å². The van der Waals surface area contributed by atoms with E-state index in [2.05, 4.69) is 30.3 Å². The number of methoxy groups -OCH3 is 5. The van der Waals surface area contributed by atoms with Crippen LogP contribution in [0.3, 0.4) is 0 Å². The highest BCUT2D eigenvalue weighted by molar-refractivity contribution is 7.98. The molecule has 0 spiro atoms. The zero-order valence-corrected chi connectivity index (χ0v) is 24.1. The number of benzene rings is 4. The molecule has 0 aliphatic heterocycles. The van der Waals surface area contributed by atoms with E-state index in [1.807, 2.05) is 48.2 Å². The summed E-state index contributed by atoms with van der Waals surface area (Å²) in [5, 5.41) is 0.0213. The molecule has 0 radical (unpaired) electrons. The number of fused-ring (bicyclic) bond motifs is 1. The van der Waals surface area contributed by atoms with Gasteiger partial charge < -0.3 is 23.7 Å². The number of hydrogen-bond acceptors (Lipinski definition) is 6. The lowest BCUT2D eigenvalue weighted by molar-refractivity contribution is 0.389. The van der Waals surface area contributed by atoms with E-state index in [1.54, 1.807) is 35.5 Å². The first kappa shape index (κ1) is 27.7. The molecule has 1 unspecified atom stereocenters. The Bertz CT molecular complexity index is 1430. The lowest BCUT2D eigenvalue weighted by Crippen LogP contribution is -2.12. The SMILES string of the molecule is COc1ccc([C@@H]2c3c(OC)cc(OC)cc3C(SCc3ccc(F)cc3)[C@H]2c2cc(OC)cc(OC)c2)cc1. The van der Waals surface area contributed by atoms with E-state index in [4.69, 9.17) is 23.7 Å². The molecule has 0 bridgehead atoms. The van der Waals surface area contributed by atoms with E-state index in [9.17, 15) is 4.39 Å². The van der Waals surface area contributed by atoms with Crippen molar-refractivity contribution < 1.29 is 28.1 Å². The monoisotopic (exact) mass is 560 g/mol. The predicted octanol–water partition coefficient (Wildman–Crippen LogP) is 7.77. The standard InChI is InChI=1S/C33H33FO5S/c1-35-24-12-8-21(9-13-24)30-31(22-14-25(36-2)16-26(15-22)37-3)33(40-19-20-6-10-23(34)11-7-20)28-17-27(38-4)18-29(39-5)32(28)30/h6-18,30-31,33H,19H2,1-5H3/t30-,31-,33?/m0/s1. The molecule has 0 amide bonds. The molecule has 1 aliphatic carbocycles. The summed E-state index contributed by atoms with van der Waals surface area (Å²) < 4.78 is 42.2. The van der Waals surface area contributed by atoms with Crippen LogP contribution in [0.15, 0.2) is 78.9 Å². The molecule has 5 nitrogen and oxygen atoms in total. The van der Waals surface area contributed by atoms with Gasteiger partial charge in [-0.2, -0.15) is 0 Å². The molecule has 0 saturated carbocycles. The molecule has 4 aromatic rings. The summed E-state index contributed by atoms with van der Waals surface area (Å²) in [6, 6.07) is 25.1. The molecule has 40 heavy (non-hydrogen) atoms. The van der Waals surface area contributed by atoms with Crippen LogP contribution in [-0.4, -0.2) is 35.5 Å². The molecule has 4 aromatic carbocycles. The number of hydrogen-bond donors (Lipinski definition) is 0. The van der Waals surface area contributed by atoms with Crippen molar-refractivity contribution in [1.82, 2.24) is 0 Å². The molecular formula is C33H33FO5S. The zero-order valence-electron chi connectivity index (χ0n) is 23.3. The number of halogens is 1. The first-order valence-electron chi connectivity index (χ1n) is 13.0. The van der Waals surface area contributed by atoms with Crippen LogP contribution in [0.1, 0.15) is 44.9 Å². The van der Waals surface area contributed by atoms with Gasteiger partial charge in [-0.3, -0.25) is 0 Å². The fraction of sp³-hybridized carbons (Fsp3) is 0.273. The lowest BCUT2D eigenvalue weighted by atomic mass is 9.81. The van der Waals surface area contributed by atoms with Crippen molar-refractivity contribution in [3.8, 4) is 28.7 Å². The summed E-state index contributed by atoms with van der Waals surface area (Å²) in [5.41, 5.74) is 5.55. The molecule has 5 rings (SSSR count). The van der Waals surface area contributed by atoms with Crippen molar-refractivity contribution in [1.29, 1.82) is 0 Å². The van der Waals surface area contributed by atoms with Crippen molar-refractivity contribution in [2.75, 3.05) is 35.5 Å².